The van der Waals surface area contributed by atoms with Gasteiger partial charge >= 0.3 is 0 Å². The lowest BCUT2D eigenvalue weighted by molar-refractivity contribution is 0.0318. The number of benzene rings is 1. The zero-order valence-electron chi connectivity index (χ0n) is 13.3. The Hall–Kier alpha value is -2.16. The minimum Gasteiger partial charge on any atom is -0.380 e. The number of nitriles is 1. The van der Waals surface area contributed by atoms with Gasteiger partial charge < -0.3 is 14.6 Å². The number of aromatic nitrogens is 1. The van der Waals surface area contributed by atoms with E-state index in [9.17, 15) is 4.79 Å². The van der Waals surface area contributed by atoms with Gasteiger partial charge in [-0.2, -0.15) is 5.26 Å². The first kappa shape index (κ1) is 15.7. The molecule has 5 heteroatoms. The fourth-order valence-electron chi connectivity index (χ4n) is 3.19. The first-order chi connectivity index (χ1) is 11.2. The molecule has 1 unspecified atom stereocenters. The molecule has 1 aliphatic rings. The van der Waals surface area contributed by atoms with Crippen LogP contribution in [0, 0.1) is 11.3 Å². The van der Waals surface area contributed by atoms with Crippen molar-refractivity contribution in [3.8, 4) is 6.07 Å². The van der Waals surface area contributed by atoms with E-state index in [1.54, 1.807) is 19.2 Å². The van der Waals surface area contributed by atoms with Crippen LogP contribution in [-0.4, -0.2) is 42.7 Å². The lowest BCUT2D eigenvalue weighted by Gasteiger charge is -2.31. The van der Waals surface area contributed by atoms with Gasteiger partial charge in [0.2, 0.25) is 0 Å². The van der Waals surface area contributed by atoms with Gasteiger partial charge in [-0.15, -0.1) is 0 Å². The molecule has 2 heterocycles. The molecular weight excluding hydrogens is 290 g/mol. The number of methoxy groups -OCH3 is 1. The highest BCUT2D eigenvalue weighted by molar-refractivity contribution is 5.80. The van der Waals surface area contributed by atoms with Crippen molar-refractivity contribution >= 4 is 10.9 Å². The third-order valence-electron chi connectivity index (χ3n) is 4.54. The lowest BCUT2D eigenvalue weighted by Crippen LogP contribution is -2.40. The monoisotopic (exact) mass is 311 g/mol. The predicted molar refractivity (Wildman–Crippen MR) is 89.5 cm³/mol. The standard InChI is InChI=1S/C18H21N3O2/c1-23-16-3-2-7-21(12-16)8-6-15-10-14-5-4-13(11-19)9-17(14)20-18(15)22/h4-5,9-10,16H,2-3,6-8,12H2,1H3,(H,20,22). The summed E-state index contributed by atoms with van der Waals surface area (Å²) in [7, 11) is 1.76. The molecule has 5 nitrogen and oxygen atoms in total. The average molecular weight is 311 g/mol. The van der Waals surface area contributed by atoms with Gasteiger partial charge in [-0.05, 0) is 49.4 Å². The highest BCUT2D eigenvalue weighted by Gasteiger charge is 2.19. The number of rotatable bonds is 4. The second kappa shape index (κ2) is 6.95. The van der Waals surface area contributed by atoms with E-state index in [2.05, 4.69) is 16.0 Å². The highest BCUT2D eigenvalue weighted by Crippen LogP contribution is 2.15. The van der Waals surface area contributed by atoms with Crippen LogP contribution < -0.4 is 5.56 Å². The molecule has 2 aromatic rings. The van der Waals surface area contributed by atoms with Crippen LogP contribution in [0.3, 0.4) is 0 Å². The number of hydrogen-bond donors (Lipinski definition) is 1. The topological polar surface area (TPSA) is 69.1 Å². The zero-order valence-corrected chi connectivity index (χ0v) is 13.3. The van der Waals surface area contributed by atoms with E-state index in [4.69, 9.17) is 10.00 Å². The maximum absolute atomic E-state index is 12.2. The molecule has 0 aliphatic carbocycles. The van der Waals surface area contributed by atoms with Crippen molar-refractivity contribution in [3.05, 3.63) is 45.7 Å². The second-order valence-corrected chi connectivity index (χ2v) is 6.09. The van der Waals surface area contributed by atoms with Gasteiger partial charge in [0.15, 0.2) is 0 Å². The predicted octanol–water partition coefficient (Wildman–Crippen LogP) is 2.05. The second-order valence-electron chi connectivity index (χ2n) is 6.09. The molecule has 1 N–H and O–H groups in total. The van der Waals surface area contributed by atoms with E-state index in [1.807, 2.05) is 12.1 Å². The molecule has 23 heavy (non-hydrogen) atoms. The summed E-state index contributed by atoms with van der Waals surface area (Å²) in [5.74, 6) is 0. The minimum atomic E-state index is -0.0621. The molecule has 0 bridgehead atoms. The van der Waals surface area contributed by atoms with Crippen molar-refractivity contribution in [1.82, 2.24) is 9.88 Å². The Morgan fingerprint density at radius 3 is 3.09 bits per heavy atom. The molecule has 1 atom stereocenters. The Labute approximate surface area is 135 Å². The molecule has 1 saturated heterocycles. The average Bonchev–Trinajstić information content (AvgIpc) is 2.59. The fraction of sp³-hybridized carbons (Fsp3) is 0.444. The molecule has 0 amide bonds. The van der Waals surface area contributed by atoms with Crippen LogP contribution in [0.2, 0.25) is 0 Å². The fourth-order valence-corrected chi connectivity index (χ4v) is 3.19. The molecule has 1 aromatic carbocycles. The Bertz CT molecular complexity index is 791. The first-order valence-electron chi connectivity index (χ1n) is 8.01. The quantitative estimate of drug-likeness (QED) is 0.938. The number of hydrogen-bond acceptors (Lipinski definition) is 4. The number of H-pyrrole nitrogens is 1. The maximum atomic E-state index is 12.2. The number of aromatic amines is 1. The summed E-state index contributed by atoms with van der Waals surface area (Å²) in [5.41, 5.74) is 2.00. The molecular formula is C18H21N3O2. The van der Waals surface area contributed by atoms with Gasteiger partial charge in [-0.3, -0.25) is 4.79 Å². The summed E-state index contributed by atoms with van der Waals surface area (Å²) in [6.07, 6.45) is 3.29. The van der Waals surface area contributed by atoms with Crippen molar-refractivity contribution in [2.24, 2.45) is 0 Å². The molecule has 0 radical (unpaired) electrons. The van der Waals surface area contributed by atoms with E-state index in [0.29, 0.717) is 11.7 Å². The molecule has 120 valence electrons. The van der Waals surface area contributed by atoms with Crippen molar-refractivity contribution in [2.75, 3.05) is 26.7 Å². The smallest absolute Gasteiger partial charge is 0.251 e. The summed E-state index contributed by atoms with van der Waals surface area (Å²) in [5, 5.41) is 9.90. The van der Waals surface area contributed by atoms with Gasteiger partial charge in [0.05, 0.1) is 17.7 Å². The summed E-state index contributed by atoms with van der Waals surface area (Å²) >= 11 is 0. The van der Waals surface area contributed by atoms with Gasteiger partial charge in [-0.25, -0.2) is 0 Å². The van der Waals surface area contributed by atoms with Gasteiger partial charge in [0.25, 0.3) is 5.56 Å². The van der Waals surface area contributed by atoms with Crippen LogP contribution >= 0.6 is 0 Å². The maximum Gasteiger partial charge on any atom is 0.251 e. The third kappa shape index (κ3) is 3.61. The van der Waals surface area contributed by atoms with Gasteiger partial charge in [0, 0.05) is 31.3 Å². The Balaban J connectivity index is 1.74. The molecule has 0 spiro atoms. The summed E-state index contributed by atoms with van der Waals surface area (Å²) < 4.78 is 5.44. The number of nitrogens with zero attached hydrogens (tertiary/aromatic N) is 2. The van der Waals surface area contributed by atoms with Crippen LogP contribution in [0.15, 0.2) is 29.1 Å². The zero-order chi connectivity index (χ0) is 16.2. The normalized spacial score (nSPS) is 18.9. The van der Waals surface area contributed by atoms with Crippen molar-refractivity contribution < 1.29 is 4.74 Å². The van der Waals surface area contributed by atoms with Crippen LogP contribution in [-0.2, 0) is 11.2 Å². The van der Waals surface area contributed by atoms with Crippen LogP contribution in [0.4, 0.5) is 0 Å². The van der Waals surface area contributed by atoms with Gasteiger partial charge in [0.1, 0.15) is 0 Å². The van der Waals surface area contributed by atoms with E-state index >= 15 is 0 Å². The van der Waals surface area contributed by atoms with Crippen molar-refractivity contribution in [2.45, 2.75) is 25.4 Å². The van der Waals surface area contributed by atoms with Gasteiger partial charge in [-0.1, -0.05) is 6.07 Å². The Morgan fingerprint density at radius 2 is 2.30 bits per heavy atom. The summed E-state index contributed by atoms with van der Waals surface area (Å²) in [6.45, 7) is 2.87. The highest BCUT2D eigenvalue weighted by atomic mass is 16.5. The van der Waals surface area contributed by atoms with E-state index in [0.717, 1.165) is 55.4 Å². The van der Waals surface area contributed by atoms with Crippen LogP contribution in [0.5, 0.6) is 0 Å². The van der Waals surface area contributed by atoms with Crippen molar-refractivity contribution in [1.29, 1.82) is 5.26 Å². The molecule has 1 fully saturated rings. The van der Waals surface area contributed by atoms with Crippen LogP contribution in [0.1, 0.15) is 24.0 Å². The number of nitrogens with one attached hydrogen (secondary N) is 1. The largest absolute Gasteiger partial charge is 0.380 e. The van der Waals surface area contributed by atoms with E-state index in [1.165, 1.54) is 0 Å². The summed E-state index contributed by atoms with van der Waals surface area (Å²) in [4.78, 5) is 17.5. The number of fused-ring (bicyclic) bond motifs is 1. The number of pyridine rings is 1. The third-order valence-corrected chi connectivity index (χ3v) is 4.54. The number of piperidine rings is 1. The van der Waals surface area contributed by atoms with E-state index < -0.39 is 0 Å². The van der Waals surface area contributed by atoms with E-state index in [-0.39, 0.29) is 5.56 Å². The van der Waals surface area contributed by atoms with Crippen molar-refractivity contribution in [3.63, 3.8) is 0 Å². The number of ether oxygens (including phenoxy) is 1. The Morgan fingerprint density at radius 1 is 1.43 bits per heavy atom. The molecule has 3 rings (SSSR count). The SMILES string of the molecule is COC1CCCN(CCc2cc3ccc(C#N)cc3[nH]c2=O)C1. The molecule has 1 aliphatic heterocycles. The summed E-state index contributed by atoms with van der Waals surface area (Å²) in [6, 6.07) is 9.40. The molecule has 0 saturated carbocycles. The first-order valence-corrected chi connectivity index (χ1v) is 8.01. The molecule has 1 aromatic heterocycles. The number of likely N-dealkylation sites (tertiary alicyclic amines) is 1. The Kier molecular flexibility index (Phi) is 4.75. The minimum absolute atomic E-state index is 0.0621. The van der Waals surface area contributed by atoms with Crippen LogP contribution in [0.25, 0.3) is 10.9 Å². The lowest BCUT2D eigenvalue weighted by atomic mass is 10.1.